The minimum atomic E-state index is -2.17. The Morgan fingerprint density at radius 3 is 1.61 bits per heavy atom. The fraction of sp³-hybridized carbons (Fsp3) is 0.818. The molecule has 12 heteroatoms. The van der Waals surface area contributed by atoms with Gasteiger partial charge in [-0.3, -0.25) is 0 Å². The van der Waals surface area contributed by atoms with E-state index in [1.54, 1.807) is 0 Å². The topological polar surface area (TPSA) is 218 Å². The Kier molecular flexibility index (Phi) is 24.7. The lowest BCUT2D eigenvalue weighted by Gasteiger charge is -2.34. The van der Waals surface area contributed by atoms with E-state index in [9.17, 15) is 14.1 Å². The molecule has 0 bridgehead atoms. The molecule has 0 aliphatic rings. The van der Waals surface area contributed by atoms with Crippen molar-refractivity contribution in [3.8, 4) is 0 Å². The van der Waals surface area contributed by atoms with E-state index >= 15 is 0 Å². The first-order chi connectivity index (χ1) is 9.18. The second-order valence-electron chi connectivity index (χ2n) is 4.37. The number of esters is 1. The zero-order chi connectivity index (χ0) is 16.3. The predicted octanol–water partition coefficient (Wildman–Crippen LogP) is 0.996. The van der Waals surface area contributed by atoms with Gasteiger partial charge >= 0.3 is 19.3 Å². The molecule has 0 aliphatic carbocycles. The molecule has 23 heavy (non-hydrogen) atoms. The molecule has 1 unspecified atom stereocenters. The van der Waals surface area contributed by atoms with E-state index in [1.807, 2.05) is 27.7 Å². The first kappa shape index (κ1) is 33.3. The van der Waals surface area contributed by atoms with Gasteiger partial charge < -0.3 is 38.3 Å². The molecule has 0 aromatic carbocycles. The van der Waals surface area contributed by atoms with Crippen LogP contribution in [0.5, 0.6) is 0 Å². The molecule has 0 fully saturated rings. The lowest BCUT2D eigenvalue weighted by atomic mass is 9.78. The zero-order valence-corrected chi connectivity index (χ0v) is 14.2. The zero-order valence-electron chi connectivity index (χ0n) is 14.2. The van der Waals surface area contributed by atoms with Crippen molar-refractivity contribution in [3.63, 3.8) is 0 Å². The molecular weight excluding hydrogens is 316 g/mol. The molecular formula is C11H31BFN3O7. The Labute approximate surface area is 136 Å². The molecule has 0 rings (SSSR count). The van der Waals surface area contributed by atoms with Crippen molar-refractivity contribution < 1.29 is 38.9 Å². The fourth-order valence-corrected chi connectivity index (χ4v) is 1.63. The summed E-state index contributed by atoms with van der Waals surface area (Å²) in [7, 11) is -2.17. The van der Waals surface area contributed by atoms with Gasteiger partial charge in [0.25, 0.3) is 0 Å². The number of carbonyl (C=O) groups is 2. The number of ether oxygens (including phenoxy) is 1. The third kappa shape index (κ3) is 14.0. The minimum Gasteiger partial charge on any atom is -0.453 e. The van der Waals surface area contributed by atoms with E-state index in [-0.39, 0.29) is 23.9 Å². The molecule has 0 heterocycles. The Bertz CT molecular complexity index is 305. The van der Waals surface area contributed by atoms with Crippen molar-refractivity contribution in [1.29, 1.82) is 0 Å². The molecule has 12 N–H and O–H groups in total. The van der Waals surface area contributed by atoms with E-state index in [0.29, 0.717) is 6.42 Å². The Morgan fingerprint density at radius 2 is 1.39 bits per heavy atom. The van der Waals surface area contributed by atoms with Crippen molar-refractivity contribution in [3.05, 3.63) is 0 Å². The Balaban J connectivity index is -0.000000138. The normalized spacial score (nSPS) is 10.3. The van der Waals surface area contributed by atoms with Gasteiger partial charge in [-0.2, -0.15) is 0 Å². The van der Waals surface area contributed by atoms with Gasteiger partial charge in [0, 0.05) is 9.94 Å². The third-order valence-electron chi connectivity index (χ3n) is 3.25. The number of hydrogen-bond acceptors (Lipinski definition) is 10. The summed E-state index contributed by atoms with van der Waals surface area (Å²) in [6.07, 6.45) is 1.78. The van der Waals surface area contributed by atoms with Crippen LogP contribution in [-0.2, 0) is 19.3 Å². The van der Waals surface area contributed by atoms with Crippen molar-refractivity contribution in [2.24, 2.45) is 5.41 Å². The standard InChI is InChI=1S/C11H19FO4.BH3O3.3H3N/c1-5-8(11(4,6-2)7-3)15-9(13)10(14)16-12;2-1(3)4;;;/h8H,5-7H2,1-4H3;2-4H;3*1H3. The molecule has 0 aromatic rings. The van der Waals surface area contributed by atoms with Gasteiger partial charge in [-0.05, 0) is 19.3 Å². The molecule has 0 radical (unpaired) electrons. The maximum Gasteiger partial charge on any atom is 0.631 e. The Hall–Kier alpha value is -1.31. The van der Waals surface area contributed by atoms with Gasteiger partial charge in [0.15, 0.2) is 0 Å². The molecule has 142 valence electrons. The summed E-state index contributed by atoms with van der Waals surface area (Å²) in [4.78, 5) is 24.5. The summed E-state index contributed by atoms with van der Waals surface area (Å²) in [5.74, 6) is -2.88. The largest absolute Gasteiger partial charge is 0.631 e. The van der Waals surface area contributed by atoms with Crippen LogP contribution in [0.2, 0.25) is 0 Å². The monoisotopic (exact) mass is 347 g/mol. The predicted molar refractivity (Wildman–Crippen MR) is 83.5 cm³/mol. The highest BCUT2D eigenvalue weighted by atomic mass is 19.3. The minimum absolute atomic E-state index is 0. The quantitative estimate of drug-likeness (QED) is 0.235. The highest BCUT2D eigenvalue weighted by Gasteiger charge is 2.34. The van der Waals surface area contributed by atoms with E-state index in [2.05, 4.69) is 4.94 Å². The summed E-state index contributed by atoms with van der Waals surface area (Å²) >= 11 is 0. The first-order valence-corrected chi connectivity index (χ1v) is 6.26. The SMILES string of the molecule is CCC(OC(=O)C(=O)OF)C(C)(CC)CC.N.N.N.OB(O)O. The van der Waals surface area contributed by atoms with Crippen LogP contribution in [0.1, 0.15) is 47.0 Å². The summed E-state index contributed by atoms with van der Waals surface area (Å²) in [6.45, 7) is 7.78. The van der Waals surface area contributed by atoms with E-state index in [4.69, 9.17) is 19.8 Å². The summed E-state index contributed by atoms with van der Waals surface area (Å²) < 4.78 is 16.4. The van der Waals surface area contributed by atoms with Crippen LogP contribution in [0.15, 0.2) is 0 Å². The van der Waals surface area contributed by atoms with Crippen molar-refractivity contribution in [2.75, 3.05) is 0 Å². The van der Waals surface area contributed by atoms with Crippen LogP contribution in [0.25, 0.3) is 0 Å². The van der Waals surface area contributed by atoms with Crippen LogP contribution in [0, 0.1) is 5.41 Å². The molecule has 0 aromatic heterocycles. The molecule has 0 saturated carbocycles. The fourth-order valence-electron chi connectivity index (χ4n) is 1.63. The van der Waals surface area contributed by atoms with Crippen LogP contribution in [0.4, 0.5) is 4.53 Å². The average Bonchev–Trinajstić information content (AvgIpc) is 2.41. The van der Waals surface area contributed by atoms with E-state index in [1.165, 1.54) is 0 Å². The third-order valence-corrected chi connectivity index (χ3v) is 3.25. The molecule has 0 spiro atoms. The number of halogens is 1. The number of hydrogen-bond donors (Lipinski definition) is 6. The first-order valence-electron chi connectivity index (χ1n) is 6.26. The van der Waals surface area contributed by atoms with Gasteiger partial charge in [0.05, 0.1) is 0 Å². The van der Waals surface area contributed by atoms with Gasteiger partial charge in [0.2, 0.25) is 0 Å². The lowest BCUT2D eigenvalue weighted by molar-refractivity contribution is -0.199. The van der Waals surface area contributed by atoms with Crippen LogP contribution < -0.4 is 18.5 Å². The van der Waals surface area contributed by atoms with Crippen LogP contribution in [-0.4, -0.2) is 40.4 Å². The van der Waals surface area contributed by atoms with Crippen molar-refractivity contribution in [2.45, 2.75) is 53.1 Å². The van der Waals surface area contributed by atoms with Gasteiger partial charge in [0.1, 0.15) is 6.10 Å². The number of carbonyl (C=O) groups excluding carboxylic acids is 2. The second kappa shape index (κ2) is 17.1. The molecule has 10 nitrogen and oxygen atoms in total. The summed E-state index contributed by atoms with van der Waals surface area (Å²) in [6, 6.07) is 0. The van der Waals surface area contributed by atoms with Gasteiger partial charge in [-0.15, -0.1) is 0 Å². The van der Waals surface area contributed by atoms with Gasteiger partial charge in [-0.1, -0.05) is 27.7 Å². The number of rotatable bonds is 5. The maximum absolute atomic E-state index is 11.5. The molecule has 0 amide bonds. The second-order valence-corrected chi connectivity index (χ2v) is 4.37. The van der Waals surface area contributed by atoms with Crippen molar-refractivity contribution >= 4 is 19.3 Å². The molecule has 1 atom stereocenters. The lowest BCUT2D eigenvalue weighted by Crippen LogP contribution is -2.37. The van der Waals surface area contributed by atoms with E-state index in [0.717, 1.165) is 12.8 Å². The van der Waals surface area contributed by atoms with Crippen LogP contribution >= 0.6 is 0 Å². The highest BCUT2D eigenvalue weighted by Crippen LogP contribution is 2.33. The van der Waals surface area contributed by atoms with Gasteiger partial charge in [-0.25, -0.2) is 14.5 Å². The Morgan fingerprint density at radius 1 is 1.04 bits per heavy atom. The maximum atomic E-state index is 11.5. The van der Waals surface area contributed by atoms with Crippen LogP contribution in [0.3, 0.4) is 0 Å². The van der Waals surface area contributed by atoms with E-state index < -0.39 is 25.4 Å². The molecule has 0 saturated heterocycles. The average molecular weight is 347 g/mol. The van der Waals surface area contributed by atoms with Crippen molar-refractivity contribution in [1.82, 2.24) is 18.5 Å². The molecule has 0 aliphatic heterocycles. The smallest absolute Gasteiger partial charge is 0.453 e. The summed E-state index contributed by atoms with van der Waals surface area (Å²) in [5, 5.41) is 21.5. The highest BCUT2D eigenvalue weighted by molar-refractivity contribution is 6.30. The summed E-state index contributed by atoms with van der Waals surface area (Å²) in [5.41, 5.74) is -0.207.